The van der Waals surface area contributed by atoms with E-state index in [-0.39, 0.29) is 6.04 Å². The Balaban J connectivity index is 2.06. The first kappa shape index (κ1) is 10.1. The van der Waals surface area contributed by atoms with Crippen LogP contribution in [-0.2, 0) is 0 Å². The summed E-state index contributed by atoms with van der Waals surface area (Å²) >= 11 is 0. The summed E-state index contributed by atoms with van der Waals surface area (Å²) in [6.07, 6.45) is 3.73. The molecule has 0 amide bonds. The van der Waals surface area contributed by atoms with Crippen LogP contribution in [0.15, 0.2) is 36.7 Å². The number of hydrogen-bond acceptors (Lipinski definition) is 2. The van der Waals surface area contributed by atoms with Gasteiger partial charge >= 0.3 is 0 Å². The van der Waals surface area contributed by atoms with Crippen LogP contribution in [0.25, 0.3) is 11.0 Å². The van der Waals surface area contributed by atoms with Crippen molar-refractivity contribution in [2.45, 2.75) is 19.9 Å². The molecule has 1 atom stereocenters. The summed E-state index contributed by atoms with van der Waals surface area (Å²) in [7, 11) is 0. The highest BCUT2D eigenvalue weighted by Gasteiger charge is 2.12. The second-order valence-corrected chi connectivity index (χ2v) is 4.30. The number of aromatic amines is 1. The van der Waals surface area contributed by atoms with Crippen molar-refractivity contribution >= 4 is 11.0 Å². The lowest BCUT2D eigenvalue weighted by Crippen LogP contribution is -2.08. The largest absolute Gasteiger partial charge is 0.340 e. The number of benzene rings is 1. The average Bonchev–Trinajstić information content (AvgIpc) is 2.96. The molecule has 1 unspecified atom stereocenters. The Morgan fingerprint density at radius 2 is 2.24 bits per heavy atom. The Bertz CT molecular complexity index is 637. The Kier molecular flexibility index (Phi) is 2.21. The lowest BCUT2D eigenvalue weighted by molar-refractivity contribution is 0.542. The first-order valence-electron chi connectivity index (χ1n) is 5.69. The van der Waals surface area contributed by atoms with E-state index in [4.69, 9.17) is 0 Å². The van der Waals surface area contributed by atoms with Gasteiger partial charge in [-0.1, -0.05) is 6.07 Å². The van der Waals surface area contributed by atoms with Crippen molar-refractivity contribution in [2.75, 3.05) is 0 Å². The number of aromatic nitrogens is 4. The molecule has 1 N–H and O–H groups in total. The quantitative estimate of drug-likeness (QED) is 0.730. The maximum atomic E-state index is 4.59. The van der Waals surface area contributed by atoms with Crippen LogP contribution in [0.3, 0.4) is 0 Å². The molecule has 0 fully saturated rings. The summed E-state index contributed by atoms with van der Waals surface area (Å²) < 4.78 is 1.89. The Morgan fingerprint density at radius 1 is 1.35 bits per heavy atom. The standard InChI is InChI=1S/C13H14N4/c1-9-4-5-11-12(8-9)16-13(15-11)10(2)17-7-3-6-14-17/h3-8,10H,1-2H3,(H,15,16). The highest BCUT2D eigenvalue weighted by atomic mass is 15.3. The van der Waals surface area contributed by atoms with Crippen molar-refractivity contribution in [1.82, 2.24) is 19.7 Å². The van der Waals surface area contributed by atoms with Crippen LogP contribution >= 0.6 is 0 Å². The van der Waals surface area contributed by atoms with Gasteiger partial charge in [-0.3, -0.25) is 4.68 Å². The SMILES string of the molecule is Cc1ccc2nc(C(C)n3cccn3)[nH]c2c1. The number of nitrogens with zero attached hydrogens (tertiary/aromatic N) is 3. The molecule has 17 heavy (non-hydrogen) atoms. The summed E-state index contributed by atoms with van der Waals surface area (Å²) in [6, 6.07) is 8.27. The van der Waals surface area contributed by atoms with E-state index in [2.05, 4.69) is 41.0 Å². The van der Waals surface area contributed by atoms with Crippen LogP contribution < -0.4 is 0 Å². The summed E-state index contributed by atoms with van der Waals surface area (Å²) in [6.45, 7) is 4.16. The van der Waals surface area contributed by atoms with E-state index in [1.165, 1.54) is 5.56 Å². The molecule has 0 aliphatic carbocycles. The van der Waals surface area contributed by atoms with Crippen LogP contribution in [0.1, 0.15) is 24.4 Å². The van der Waals surface area contributed by atoms with E-state index in [9.17, 15) is 0 Å². The number of H-pyrrole nitrogens is 1. The summed E-state index contributed by atoms with van der Waals surface area (Å²) in [5, 5.41) is 4.24. The van der Waals surface area contributed by atoms with Gasteiger partial charge in [0.15, 0.2) is 0 Å². The van der Waals surface area contributed by atoms with Gasteiger partial charge < -0.3 is 4.98 Å². The molecular formula is C13H14N4. The second kappa shape index (κ2) is 3.73. The van der Waals surface area contributed by atoms with Gasteiger partial charge in [-0.05, 0) is 37.6 Å². The van der Waals surface area contributed by atoms with Crippen LogP contribution in [-0.4, -0.2) is 19.7 Å². The Hall–Kier alpha value is -2.10. The molecule has 4 heteroatoms. The normalized spacial score (nSPS) is 13.1. The minimum absolute atomic E-state index is 0.123. The third-order valence-corrected chi connectivity index (χ3v) is 2.97. The minimum Gasteiger partial charge on any atom is -0.340 e. The van der Waals surface area contributed by atoms with Crippen molar-refractivity contribution in [2.24, 2.45) is 0 Å². The molecular weight excluding hydrogens is 212 g/mol. The average molecular weight is 226 g/mol. The molecule has 1 aromatic carbocycles. The predicted octanol–water partition coefficient (Wildman–Crippen LogP) is 2.68. The van der Waals surface area contributed by atoms with Crippen LogP contribution in [0, 0.1) is 6.92 Å². The molecule has 2 aromatic heterocycles. The fourth-order valence-corrected chi connectivity index (χ4v) is 1.98. The molecule has 0 spiro atoms. The topological polar surface area (TPSA) is 46.5 Å². The third-order valence-electron chi connectivity index (χ3n) is 2.97. The molecule has 0 radical (unpaired) electrons. The highest BCUT2D eigenvalue weighted by molar-refractivity contribution is 5.75. The smallest absolute Gasteiger partial charge is 0.131 e. The third kappa shape index (κ3) is 1.71. The number of hydrogen-bond donors (Lipinski definition) is 1. The monoisotopic (exact) mass is 226 g/mol. The van der Waals surface area contributed by atoms with E-state index in [1.807, 2.05) is 23.0 Å². The minimum atomic E-state index is 0.123. The molecule has 2 heterocycles. The van der Waals surface area contributed by atoms with Crippen molar-refractivity contribution in [3.05, 3.63) is 48.0 Å². The summed E-state index contributed by atoms with van der Waals surface area (Å²) in [4.78, 5) is 7.95. The fraction of sp³-hybridized carbons (Fsp3) is 0.231. The Morgan fingerprint density at radius 3 is 3.00 bits per heavy atom. The Labute approximate surface area is 99.3 Å². The van der Waals surface area contributed by atoms with Crippen molar-refractivity contribution in [3.8, 4) is 0 Å². The first-order valence-corrected chi connectivity index (χ1v) is 5.69. The highest BCUT2D eigenvalue weighted by Crippen LogP contribution is 2.19. The van der Waals surface area contributed by atoms with E-state index in [1.54, 1.807) is 6.20 Å². The molecule has 0 aliphatic heterocycles. The molecule has 0 aliphatic rings. The van der Waals surface area contributed by atoms with E-state index >= 15 is 0 Å². The predicted molar refractivity (Wildman–Crippen MR) is 66.9 cm³/mol. The number of rotatable bonds is 2. The zero-order chi connectivity index (χ0) is 11.8. The summed E-state index contributed by atoms with van der Waals surface area (Å²) in [5.41, 5.74) is 3.32. The van der Waals surface area contributed by atoms with Gasteiger partial charge in [0, 0.05) is 12.4 Å². The van der Waals surface area contributed by atoms with Crippen molar-refractivity contribution in [1.29, 1.82) is 0 Å². The van der Waals surface area contributed by atoms with Gasteiger partial charge in [0.25, 0.3) is 0 Å². The number of aryl methyl sites for hydroxylation is 1. The number of fused-ring (bicyclic) bond motifs is 1. The summed E-state index contributed by atoms with van der Waals surface area (Å²) in [5.74, 6) is 0.939. The van der Waals surface area contributed by atoms with Crippen LogP contribution in [0.5, 0.6) is 0 Å². The maximum Gasteiger partial charge on any atom is 0.131 e. The zero-order valence-electron chi connectivity index (χ0n) is 9.88. The van der Waals surface area contributed by atoms with E-state index < -0.39 is 0 Å². The van der Waals surface area contributed by atoms with Crippen LogP contribution in [0.4, 0.5) is 0 Å². The maximum absolute atomic E-state index is 4.59. The first-order chi connectivity index (χ1) is 8.24. The van der Waals surface area contributed by atoms with Gasteiger partial charge in [-0.15, -0.1) is 0 Å². The number of nitrogens with one attached hydrogen (secondary N) is 1. The van der Waals surface area contributed by atoms with E-state index in [0.717, 1.165) is 16.9 Å². The molecule has 3 rings (SSSR count). The fourth-order valence-electron chi connectivity index (χ4n) is 1.98. The lowest BCUT2D eigenvalue weighted by atomic mass is 10.2. The molecule has 3 aromatic rings. The molecule has 86 valence electrons. The van der Waals surface area contributed by atoms with Gasteiger partial charge in [0.2, 0.25) is 0 Å². The van der Waals surface area contributed by atoms with Crippen molar-refractivity contribution in [3.63, 3.8) is 0 Å². The lowest BCUT2D eigenvalue weighted by Gasteiger charge is -2.08. The second-order valence-electron chi connectivity index (χ2n) is 4.30. The van der Waals surface area contributed by atoms with Gasteiger partial charge in [-0.25, -0.2) is 4.98 Å². The molecule has 4 nitrogen and oxygen atoms in total. The molecule has 0 bridgehead atoms. The van der Waals surface area contributed by atoms with Gasteiger partial charge in [-0.2, -0.15) is 5.10 Å². The van der Waals surface area contributed by atoms with Gasteiger partial charge in [0.05, 0.1) is 11.0 Å². The van der Waals surface area contributed by atoms with E-state index in [0.29, 0.717) is 0 Å². The van der Waals surface area contributed by atoms with Crippen LogP contribution in [0.2, 0.25) is 0 Å². The van der Waals surface area contributed by atoms with Crippen molar-refractivity contribution < 1.29 is 0 Å². The molecule has 0 saturated heterocycles. The number of imidazole rings is 1. The molecule has 0 saturated carbocycles. The van der Waals surface area contributed by atoms with Gasteiger partial charge in [0.1, 0.15) is 11.9 Å². The zero-order valence-corrected chi connectivity index (χ0v) is 9.88.